The highest BCUT2D eigenvalue weighted by molar-refractivity contribution is 7.91. The smallest absolute Gasteiger partial charge is 0.408 e. The van der Waals surface area contributed by atoms with Gasteiger partial charge in [-0.1, -0.05) is 37.8 Å². The minimum Gasteiger partial charge on any atom is -0.497 e. The molecular formula is C45H57N7O9S2. The molecule has 0 radical (unpaired) electrons. The van der Waals surface area contributed by atoms with Crippen molar-refractivity contribution in [3.8, 4) is 22.9 Å². The molecule has 4 heterocycles. The molecule has 5 atom stereocenters. The van der Waals surface area contributed by atoms with Gasteiger partial charge in [0.05, 0.1) is 30.1 Å². The highest BCUT2D eigenvalue weighted by Gasteiger charge is 2.62. The minimum absolute atomic E-state index is 0.00712. The van der Waals surface area contributed by atoms with E-state index in [4.69, 9.17) is 24.2 Å². The van der Waals surface area contributed by atoms with Crippen LogP contribution in [0, 0.1) is 5.92 Å². The number of fused-ring (bicyclic) bond motifs is 3. The van der Waals surface area contributed by atoms with Crippen LogP contribution in [0.2, 0.25) is 0 Å². The van der Waals surface area contributed by atoms with Gasteiger partial charge in [-0.3, -0.25) is 19.1 Å². The van der Waals surface area contributed by atoms with E-state index in [1.165, 1.54) is 29.1 Å². The number of methoxy groups -OCH3 is 1. The summed E-state index contributed by atoms with van der Waals surface area (Å²) >= 11 is 1.52. The van der Waals surface area contributed by atoms with Gasteiger partial charge in [-0.15, -0.1) is 11.3 Å². The number of aromatic nitrogens is 2. The van der Waals surface area contributed by atoms with Crippen molar-refractivity contribution in [3.63, 3.8) is 0 Å². The first kappa shape index (κ1) is 43.3. The molecule has 2 aliphatic heterocycles. The van der Waals surface area contributed by atoms with E-state index in [2.05, 4.69) is 20.7 Å². The highest BCUT2D eigenvalue weighted by atomic mass is 32.2. The number of hydrogen-bond donors (Lipinski definition) is 4. The zero-order valence-electron chi connectivity index (χ0n) is 35.6. The molecule has 16 nitrogen and oxygen atoms in total. The molecule has 3 aromatic rings. The lowest BCUT2D eigenvalue weighted by atomic mass is 10.0. The van der Waals surface area contributed by atoms with Gasteiger partial charge >= 0.3 is 6.09 Å². The molecule has 18 heteroatoms. The number of allylic oxidation sites excluding steroid dienone is 1. The number of nitrogens with zero attached hydrogens (tertiary/aromatic N) is 3. The summed E-state index contributed by atoms with van der Waals surface area (Å²) in [4.78, 5) is 68.0. The predicted molar refractivity (Wildman–Crippen MR) is 237 cm³/mol. The monoisotopic (exact) mass is 903 g/mol. The Morgan fingerprint density at radius 2 is 1.70 bits per heavy atom. The van der Waals surface area contributed by atoms with Gasteiger partial charge < -0.3 is 35.1 Å². The Morgan fingerprint density at radius 1 is 0.921 bits per heavy atom. The molecule has 5 fully saturated rings. The lowest BCUT2D eigenvalue weighted by Gasteiger charge is -2.30. The predicted octanol–water partition coefficient (Wildman–Crippen LogP) is 6.11. The van der Waals surface area contributed by atoms with Gasteiger partial charge in [-0.25, -0.2) is 23.2 Å². The van der Waals surface area contributed by atoms with E-state index in [1.54, 1.807) is 7.11 Å². The Hall–Kier alpha value is -4.97. The van der Waals surface area contributed by atoms with E-state index in [0.29, 0.717) is 71.9 Å². The van der Waals surface area contributed by atoms with E-state index in [9.17, 15) is 27.6 Å². The fourth-order valence-corrected chi connectivity index (χ4v) is 11.7. The number of pyridine rings is 1. The zero-order valence-corrected chi connectivity index (χ0v) is 37.3. The van der Waals surface area contributed by atoms with Crippen LogP contribution in [0.1, 0.15) is 109 Å². The third-order valence-electron chi connectivity index (χ3n) is 13.4. The summed E-state index contributed by atoms with van der Waals surface area (Å²) in [6.07, 6.45) is 14.8. The van der Waals surface area contributed by atoms with Crippen LogP contribution in [0.25, 0.3) is 22.3 Å². The topological polar surface area (TPSA) is 207 Å². The number of carbonyl (C=O) groups excluding carboxylic acids is 4. The number of carbonyl (C=O) groups is 4. The first-order valence-corrected chi connectivity index (χ1v) is 25.1. The quantitative estimate of drug-likeness (QED) is 0.161. The van der Waals surface area contributed by atoms with Crippen LogP contribution >= 0.6 is 11.3 Å². The Kier molecular flexibility index (Phi) is 12.5. The van der Waals surface area contributed by atoms with E-state index in [-0.39, 0.29) is 25.5 Å². The maximum atomic E-state index is 14.8. The number of sulfonamides is 1. The Bertz CT molecular complexity index is 2360. The largest absolute Gasteiger partial charge is 0.497 e. The fourth-order valence-electron chi connectivity index (χ4n) is 9.60. The summed E-state index contributed by atoms with van der Waals surface area (Å²) in [5.41, 5.74) is 0.340. The lowest BCUT2D eigenvalue weighted by Crippen LogP contribution is -2.58. The van der Waals surface area contributed by atoms with E-state index < -0.39 is 68.7 Å². The van der Waals surface area contributed by atoms with Crippen molar-refractivity contribution < 1.29 is 41.8 Å². The summed E-state index contributed by atoms with van der Waals surface area (Å²) in [6, 6.07) is 5.60. The van der Waals surface area contributed by atoms with Gasteiger partial charge in [0.1, 0.15) is 47.0 Å². The number of rotatable bonds is 11. The average Bonchev–Trinajstić information content (AvgIpc) is 3.84. The number of ether oxygens (including phenoxy) is 3. The van der Waals surface area contributed by atoms with Gasteiger partial charge in [-0.2, -0.15) is 0 Å². The van der Waals surface area contributed by atoms with Gasteiger partial charge in [0, 0.05) is 41.3 Å². The molecule has 0 unspecified atom stereocenters. The molecule has 1 aromatic carbocycles. The van der Waals surface area contributed by atoms with Crippen LogP contribution in [-0.2, 0) is 29.1 Å². The van der Waals surface area contributed by atoms with Crippen molar-refractivity contribution in [2.75, 3.05) is 19.0 Å². The zero-order chi connectivity index (χ0) is 43.7. The summed E-state index contributed by atoms with van der Waals surface area (Å²) in [5, 5.41) is 12.2. The fraction of sp³-hybridized carbons (Fsp3) is 0.600. The second-order valence-electron chi connectivity index (χ2n) is 18.1. The number of alkyl carbamates (subject to hydrolysis) is 1. The summed E-state index contributed by atoms with van der Waals surface area (Å²) in [7, 11) is -2.33. The molecule has 63 heavy (non-hydrogen) atoms. The Balaban J connectivity index is 1.02. The SMILES string of the molecule is COc1ccc2c(O[C@@H]3C[C@H]4C(=O)N[C@]5(C(=O)NS(=O)(=O)C6CC6)C[C@H]5/C=C\CCCCC[C@H](NC(=O)OC5CCCC5)C(=O)N4C3)cc(-c3csc(NC4CCCC4)n3)nc2c1. The second-order valence-corrected chi connectivity index (χ2v) is 20.9. The molecule has 0 bridgehead atoms. The molecule has 4 amide bonds. The average molecular weight is 904 g/mol. The normalized spacial score (nSPS) is 27.7. The van der Waals surface area contributed by atoms with E-state index in [1.807, 2.05) is 41.8 Å². The Morgan fingerprint density at radius 3 is 2.48 bits per heavy atom. The van der Waals surface area contributed by atoms with Crippen LogP contribution < -0.4 is 30.1 Å². The maximum Gasteiger partial charge on any atom is 0.408 e. The summed E-state index contributed by atoms with van der Waals surface area (Å²) in [5.74, 6) is -1.21. The minimum atomic E-state index is -3.91. The van der Waals surface area contributed by atoms with Gasteiger partial charge in [0.2, 0.25) is 21.8 Å². The third-order valence-corrected chi connectivity index (χ3v) is 16.0. The number of thiazole rings is 1. The summed E-state index contributed by atoms with van der Waals surface area (Å²) in [6.45, 7) is -0.00712. The second kappa shape index (κ2) is 18.3. The molecule has 4 saturated carbocycles. The van der Waals surface area contributed by atoms with Crippen molar-refractivity contribution in [1.29, 1.82) is 0 Å². The number of amides is 4. The van der Waals surface area contributed by atoms with Gasteiger partial charge in [0.15, 0.2) is 5.13 Å². The standard InChI is InChI=1S/C45H57N7O9S2/c1-59-30-17-20-33-35(21-30)47-36(37-26-62-43(48-37)46-28-12-7-8-13-28)23-39(33)60-31-22-38-40(53)50-45(42(55)51-63(57,58)32-18-19-32)24-27(45)11-5-3-2-4-6-16-34(41(54)52(38)25-31)49-44(56)61-29-14-9-10-15-29/h5,11,17,20-21,23,26-29,31-32,34,38H,2-4,6-10,12-16,18-19,22,24-25H2,1H3,(H,46,48)(H,49,56)(H,50,53)(H,51,55)/b11-5-/t27-,31-,34+,38+,45-/m1/s1. The van der Waals surface area contributed by atoms with E-state index >= 15 is 0 Å². The Labute approximate surface area is 371 Å². The van der Waals surface area contributed by atoms with Crippen LogP contribution in [0.3, 0.4) is 0 Å². The first-order valence-electron chi connectivity index (χ1n) is 22.7. The number of nitrogens with one attached hydrogen (secondary N) is 4. The molecule has 2 aromatic heterocycles. The van der Waals surface area contributed by atoms with Crippen LogP contribution in [-0.4, -0.2) is 102 Å². The van der Waals surface area contributed by atoms with Crippen LogP contribution in [0.15, 0.2) is 41.8 Å². The lowest BCUT2D eigenvalue weighted by molar-refractivity contribution is -0.141. The van der Waals surface area contributed by atoms with Crippen molar-refractivity contribution in [2.45, 2.75) is 150 Å². The third kappa shape index (κ3) is 9.76. The molecule has 6 aliphatic rings. The molecular weight excluding hydrogens is 847 g/mol. The highest BCUT2D eigenvalue weighted by Crippen LogP contribution is 2.46. The van der Waals surface area contributed by atoms with Crippen LogP contribution in [0.5, 0.6) is 11.5 Å². The molecule has 0 spiro atoms. The van der Waals surface area contributed by atoms with Crippen LogP contribution in [0.4, 0.5) is 9.93 Å². The molecule has 4 N–H and O–H groups in total. The van der Waals surface area contributed by atoms with Crippen molar-refractivity contribution >= 4 is 61.2 Å². The summed E-state index contributed by atoms with van der Waals surface area (Å²) < 4.78 is 46.3. The van der Waals surface area contributed by atoms with Crippen molar-refractivity contribution in [3.05, 3.63) is 41.8 Å². The number of hydrogen-bond acceptors (Lipinski definition) is 13. The number of benzene rings is 1. The molecule has 4 aliphatic carbocycles. The van der Waals surface area contributed by atoms with Crippen molar-refractivity contribution in [2.24, 2.45) is 5.92 Å². The van der Waals surface area contributed by atoms with E-state index in [0.717, 1.165) is 56.5 Å². The van der Waals surface area contributed by atoms with Gasteiger partial charge in [-0.05, 0) is 89.2 Å². The van der Waals surface area contributed by atoms with Crippen molar-refractivity contribution in [1.82, 2.24) is 30.2 Å². The first-order chi connectivity index (χ1) is 30.5. The molecule has 1 saturated heterocycles. The number of anilines is 1. The molecule has 338 valence electrons. The molecule has 9 rings (SSSR count). The van der Waals surface area contributed by atoms with Gasteiger partial charge in [0.25, 0.3) is 5.91 Å². The maximum absolute atomic E-state index is 14.8.